The van der Waals surface area contributed by atoms with Gasteiger partial charge in [-0.3, -0.25) is 28.2 Å². The van der Waals surface area contributed by atoms with Gasteiger partial charge in [0, 0.05) is 11.8 Å². The quantitative estimate of drug-likeness (QED) is 0.316. The average molecular weight is 431 g/mol. The molecule has 0 saturated heterocycles. The molecule has 12 heteroatoms. The molecule has 0 aliphatic carbocycles. The summed E-state index contributed by atoms with van der Waals surface area (Å²) in [5.74, 6) is -0.612. The van der Waals surface area contributed by atoms with Gasteiger partial charge in [-0.1, -0.05) is 13.0 Å². The molecule has 2 rings (SSSR count). The molecular formula is C17H26N3O8P. The number of hydrogen-bond donors (Lipinski definition) is 2. The maximum atomic E-state index is 12.9. The average Bonchev–Trinajstić information content (AvgIpc) is 3.16. The monoisotopic (exact) mass is 431 g/mol. The Balaban J connectivity index is 2.02. The van der Waals surface area contributed by atoms with Gasteiger partial charge in [0.25, 0.3) is 5.56 Å². The molecule has 29 heavy (non-hydrogen) atoms. The Kier molecular flexibility index (Phi) is 8.12. The summed E-state index contributed by atoms with van der Waals surface area (Å²) in [4.78, 5) is 37.3. The maximum Gasteiger partial charge on any atom is 0.406 e. The van der Waals surface area contributed by atoms with Crippen molar-refractivity contribution in [3.8, 4) is 0 Å². The number of esters is 1. The van der Waals surface area contributed by atoms with Crippen molar-refractivity contribution in [2.24, 2.45) is 0 Å². The van der Waals surface area contributed by atoms with Crippen LogP contribution in [0.1, 0.15) is 32.1 Å². The van der Waals surface area contributed by atoms with Crippen LogP contribution < -0.4 is 16.3 Å². The summed E-state index contributed by atoms with van der Waals surface area (Å²) in [5.41, 5.74) is -0.713. The van der Waals surface area contributed by atoms with Gasteiger partial charge in [0.15, 0.2) is 6.23 Å². The normalized spacial score (nSPS) is 21.7. The van der Waals surface area contributed by atoms with Crippen molar-refractivity contribution >= 4 is 13.7 Å². The maximum absolute atomic E-state index is 12.9. The molecule has 0 fully saturated rings. The number of hydrogen-bond acceptors (Lipinski definition) is 8. The fourth-order valence-electron chi connectivity index (χ4n) is 2.48. The minimum Gasteiger partial charge on any atom is -0.468 e. The van der Waals surface area contributed by atoms with Gasteiger partial charge in [-0.25, -0.2) is 14.4 Å². The highest BCUT2D eigenvalue weighted by atomic mass is 31.2. The van der Waals surface area contributed by atoms with E-state index in [0.717, 1.165) is 0 Å². The lowest BCUT2D eigenvalue weighted by molar-refractivity contribution is -0.142. The molecule has 0 radical (unpaired) electrons. The third-order valence-electron chi connectivity index (χ3n) is 4.01. The van der Waals surface area contributed by atoms with Crippen LogP contribution in [-0.2, 0) is 27.9 Å². The molecule has 0 amide bonds. The first-order chi connectivity index (χ1) is 13.7. The summed E-state index contributed by atoms with van der Waals surface area (Å²) < 4.78 is 35.2. The van der Waals surface area contributed by atoms with Crippen molar-refractivity contribution in [3.63, 3.8) is 0 Å². The second-order valence-electron chi connectivity index (χ2n) is 6.43. The van der Waals surface area contributed by atoms with Crippen molar-refractivity contribution in [1.29, 1.82) is 0 Å². The van der Waals surface area contributed by atoms with Crippen molar-refractivity contribution in [1.82, 2.24) is 14.6 Å². The molecule has 0 saturated carbocycles. The van der Waals surface area contributed by atoms with Crippen LogP contribution in [0.3, 0.4) is 0 Å². The fourth-order valence-corrected chi connectivity index (χ4v) is 4.05. The molecule has 1 aromatic heterocycles. The van der Waals surface area contributed by atoms with Crippen LogP contribution in [-0.4, -0.2) is 48.0 Å². The highest BCUT2D eigenvalue weighted by Crippen LogP contribution is 2.45. The van der Waals surface area contributed by atoms with Gasteiger partial charge in [-0.2, -0.15) is 0 Å². The number of ether oxygens (including phenoxy) is 2. The van der Waals surface area contributed by atoms with Gasteiger partial charge in [0.2, 0.25) is 0 Å². The Hall–Kier alpha value is -2.04. The largest absolute Gasteiger partial charge is 0.468 e. The number of aryl methyl sites for hydroxylation is 1. The molecule has 0 aromatic carbocycles. The molecule has 11 nitrogen and oxygen atoms in total. The number of nitrogens with zero attached hydrogens (tertiary/aromatic N) is 1. The van der Waals surface area contributed by atoms with E-state index in [0.29, 0.717) is 12.0 Å². The zero-order valence-electron chi connectivity index (χ0n) is 16.7. The van der Waals surface area contributed by atoms with Crippen molar-refractivity contribution in [3.05, 3.63) is 44.8 Å². The van der Waals surface area contributed by atoms with Crippen LogP contribution in [0.15, 0.2) is 27.9 Å². The number of carbonyl (C=O) groups excluding carboxylic acids is 1. The van der Waals surface area contributed by atoms with E-state index in [9.17, 15) is 18.9 Å². The molecule has 2 N–H and O–H groups in total. The van der Waals surface area contributed by atoms with Gasteiger partial charge in [-0.05, 0) is 26.3 Å². The first-order valence-corrected chi connectivity index (χ1v) is 10.6. The second-order valence-corrected chi connectivity index (χ2v) is 8.20. The predicted molar refractivity (Wildman–Crippen MR) is 104 cm³/mol. The molecule has 1 aliphatic heterocycles. The number of carbonyl (C=O) groups is 1. The van der Waals surface area contributed by atoms with Gasteiger partial charge in [0.1, 0.15) is 12.1 Å². The lowest BCUT2D eigenvalue weighted by atomic mass is 10.3. The Morgan fingerprint density at radius 1 is 1.38 bits per heavy atom. The zero-order valence-corrected chi connectivity index (χ0v) is 17.6. The molecule has 2 heterocycles. The SMILES string of the molecule is CCCOP(=O)(NC(C)C(=O)OC)OC[C@@H]1C=C[C@H](n2cc(C)c(=O)[nH]c2=O)O1. The number of H-pyrrole nitrogens is 1. The van der Waals surface area contributed by atoms with Crippen LogP contribution in [0.2, 0.25) is 0 Å². The molecular weight excluding hydrogens is 405 g/mol. The third kappa shape index (κ3) is 6.22. The lowest BCUT2D eigenvalue weighted by Crippen LogP contribution is -2.35. The van der Waals surface area contributed by atoms with E-state index in [1.807, 2.05) is 6.92 Å². The van der Waals surface area contributed by atoms with Gasteiger partial charge < -0.3 is 9.47 Å². The molecule has 4 atom stereocenters. The predicted octanol–water partition coefficient (Wildman–Crippen LogP) is 1.00. The molecule has 1 aliphatic rings. The van der Waals surface area contributed by atoms with Crippen LogP contribution in [0.25, 0.3) is 0 Å². The molecule has 0 spiro atoms. The number of methoxy groups -OCH3 is 1. The van der Waals surface area contributed by atoms with Crippen molar-refractivity contribution in [2.45, 2.75) is 45.6 Å². The molecule has 2 unspecified atom stereocenters. The van der Waals surface area contributed by atoms with E-state index in [1.54, 1.807) is 19.1 Å². The summed E-state index contributed by atoms with van der Waals surface area (Å²) in [6.45, 7) is 4.90. The molecule has 1 aromatic rings. The summed E-state index contributed by atoms with van der Waals surface area (Å²) in [7, 11) is -2.59. The van der Waals surface area contributed by atoms with Crippen molar-refractivity contribution in [2.75, 3.05) is 20.3 Å². The van der Waals surface area contributed by atoms with Gasteiger partial charge >= 0.3 is 19.4 Å². The fraction of sp³-hybridized carbons (Fsp3) is 0.588. The van der Waals surface area contributed by atoms with E-state index in [2.05, 4.69) is 14.8 Å². The van der Waals surface area contributed by atoms with Crippen LogP contribution in [0, 0.1) is 6.92 Å². The minimum absolute atomic E-state index is 0.147. The number of rotatable bonds is 10. The molecule has 162 valence electrons. The summed E-state index contributed by atoms with van der Waals surface area (Å²) in [6.07, 6.45) is 3.89. The third-order valence-corrected chi connectivity index (χ3v) is 5.72. The zero-order chi connectivity index (χ0) is 21.6. The standard InChI is InChI=1S/C17H26N3O8P/c1-5-8-26-29(24,19-12(3)16(22)25-4)27-10-13-6-7-14(28-13)20-9-11(2)15(21)18-17(20)23/h6-7,9,12-14H,5,8,10H2,1-4H3,(H,19,24)(H,18,21,23)/t12?,13-,14+,29?/m0/s1. The van der Waals surface area contributed by atoms with Gasteiger partial charge in [-0.15, -0.1) is 0 Å². The second kappa shape index (κ2) is 10.1. The van der Waals surface area contributed by atoms with Crippen molar-refractivity contribution < 1.29 is 27.9 Å². The Morgan fingerprint density at radius 3 is 2.76 bits per heavy atom. The highest BCUT2D eigenvalue weighted by Gasteiger charge is 2.32. The smallest absolute Gasteiger partial charge is 0.406 e. The van der Waals surface area contributed by atoms with Crippen LogP contribution in [0.4, 0.5) is 0 Å². The Morgan fingerprint density at radius 2 is 2.10 bits per heavy atom. The first kappa shape index (κ1) is 23.2. The number of nitrogens with one attached hydrogen (secondary N) is 2. The lowest BCUT2D eigenvalue weighted by Gasteiger charge is -2.23. The number of aromatic amines is 1. The van der Waals surface area contributed by atoms with E-state index in [1.165, 1.54) is 24.8 Å². The van der Waals surface area contributed by atoms with E-state index in [4.69, 9.17) is 13.8 Å². The Bertz CT molecular complexity index is 909. The van der Waals surface area contributed by atoms with Crippen LogP contribution in [0.5, 0.6) is 0 Å². The van der Waals surface area contributed by atoms with E-state index >= 15 is 0 Å². The highest BCUT2D eigenvalue weighted by molar-refractivity contribution is 7.51. The van der Waals surface area contributed by atoms with E-state index in [-0.39, 0.29) is 13.2 Å². The Labute approximate surface area is 167 Å². The molecule has 0 bridgehead atoms. The summed E-state index contributed by atoms with van der Waals surface area (Å²) in [6, 6.07) is -0.904. The van der Waals surface area contributed by atoms with Gasteiger partial charge in [0.05, 0.1) is 20.3 Å². The summed E-state index contributed by atoms with van der Waals surface area (Å²) in [5, 5.41) is 2.53. The first-order valence-electron chi connectivity index (χ1n) is 9.09. The minimum atomic E-state index is -3.81. The summed E-state index contributed by atoms with van der Waals surface area (Å²) >= 11 is 0. The van der Waals surface area contributed by atoms with E-state index < -0.39 is 43.3 Å². The number of aromatic nitrogens is 2. The van der Waals surface area contributed by atoms with Crippen LogP contribution >= 0.6 is 7.75 Å². The topological polar surface area (TPSA) is 138 Å².